The molecule has 6 nitrogen and oxygen atoms in total. The van der Waals surface area contributed by atoms with Crippen LogP contribution in [0.1, 0.15) is 45.1 Å². The highest BCUT2D eigenvalue weighted by Crippen LogP contribution is 2.31. The Hall–Kier alpha value is -2.44. The fourth-order valence-electron chi connectivity index (χ4n) is 5.11. The molecule has 2 aromatic rings. The van der Waals surface area contributed by atoms with Crippen molar-refractivity contribution in [3.8, 4) is 5.75 Å². The summed E-state index contributed by atoms with van der Waals surface area (Å²) in [6.07, 6.45) is 4.41. The first-order valence-electron chi connectivity index (χ1n) is 12.5. The summed E-state index contributed by atoms with van der Waals surface area (Å²) in [4.78, 5) is 17.6. The van der Waals surface area contributed by atoms with E-state index >= 15 is 0 Å². The van der Waals surface area contributed by atoms with Crippen LogP contribution >= 0.6 is 11.6 Å². The van der Waals surface area contributed by atoms with Crippen molar-refractivity contribution in [1.82, 2.24) is 10.2 Å². The molecule has 0 radical (unpaired) electrons. The number of aryl methyl sites for hydroxylation is 1. The Labute approximate surface area is 208 Å². The predicted molar refractivity (Wildman–Crippen MR) is 140 cm³/mol. The Morgan fingerprint density at radius 1 is 1.00 bits per heavy atom. The first-order chi connectivity index (χ1) is 16.4. The van der Waals surface area contributed by atoms with E-state index in [2.05, 4.69) is 52.5 Å². The van der Waals surface area contributed by atoms with Crippen molar-refractivity contribution in [2.45, 2.75) is 64.6 Å². The van der Waals surface area contributed by atoms with E-state index in [1.165, 1.54) is 5.69 Å². The Morgan fingerprint density at radius 2 is 1.71 bits per heavy atom. The second kappa shape index (κ2) is 11.3. The lowest BCUT2D eigenvalue weighted by molar-refractivity contribution is 0.137. The molecule has 1 saturated heterocycles. The zero-order valence-electron chi connectivity index (χ0n) is 20.5. The zero-order valence-corrected chi connectivity index (χ0v) is 21.3. The van der Waals surface area contributed by atoms with E-state index in [1.54, 1.807) is 6.07 Å². The lowest BCUT2D eigenvalue weighted by Gasteiger charge is -2.43. The fourth-order valence-corrected chi connectivity index (χ4v) is 5.38. The van der Waals surface area contributed by atoms with E-state index in [9.17, 15) is 4.79 Å². The highest BCUT2D eigenvalue weighted by atomic mass is 35.5. The molecule has 2 fully saturated rings. The Morgan fingerprint density at radius 3 is 2.38 bits per heavy atom. The van der Waals surface area contributed by atoms with Crippen molar-refractivity contribution in [3.05, 3.63) is 53.1 Å². The quantitative estimate of drug-likeness (QED) is 0.553. The number of ether oxygens (including phenoxy) is 1. The fraction of sp³-hybridized carbons (Fsp3) is 0.519. The minimum Gasteiger partial charge on any atom is -0.489 e. The molecule has 0 spiro atoms. The van der Waals surface area contributed by atoms with Gasteiger partial charge in [-0.25, -0.2) is 4.79 Å². The number of anilines is 2. The number of halogens is 1. The molecule has 2 N–H and O–H groups in total. The summed E-state index contributed by atoms with van der Waals surface area (Å²) in [5, 5.41) is 6.64. The van der Waals surface area contributed by atoms with E-state index in [0.717, 1.165) is 63.2 Å². The number of carbonyl (C=O) groups excluding carboxylic acids is 1. The lowest BCUT2D eigenvalue weighted by Crippen LogP contribution is -2.52. The molecule has 0 bridgehead atoms. The van der Waals surface area contributed by atoms with Gasteiger partial charge in [-0.3, -0.25) is 4.90 Å². The predicted octanol–water partition coefficient (Wildman–Crippen LogP) is 5.69. The molecule has 1 aliphatic carbocycles. The Balaban J connectivity index is 1.23. The Kier molecular flexibility index (Phi) is 8.22. The molecule has 2 aromatic carbocycles. The van der Waals surface area contributed by atoms with Crippen LogP contribution in [0, 0.1) is 6.92 Å². The molecule has 1 aliphatic heterocycles. The normalized spacial score (nSPS) is 21.4. The molecule has 4 rings (SSSR count). The van der Waals surface area contributed by atoms with E-state index in [4.69, 9.17) is 16.3 Å². The maximum absolute atomic E-state index is 12.5. The number of nitrogens with one attached hydrogen (secondary N) is 2. The van der Waals surface area contributed by atoms with Gasteiger partial charge in [-0.2, -0.15) is 0 Å². The third-order valence-corrected chi connectivity index (χ3v) is 7.21. The molecule has 2 aliphatic rings. The van der Waals surface area contributed by atoms with Crippen molar-refractivity contribution in [1.29, 1.82) is 0 Å². The van der Waals surface area contributed by atoms with Crippen LogP contribution in [0.3, 0.4) is 0 Å². The van der Waals surface area contributed by atoms with Crippen LogP contribution in [0.5, 0.6) is 5.75 Å². The minimum absolute atomic E-state index is 0.169. The van der Waals surface area contributed by atoms with Crippen LogP contribution in [-0.4, -0.2) is 55.3 Å². The van der Waals surface area contributed by atoms with Gasteiger partial charge in [0.05, 0.1) is 22.5 Å². The molecule has 0 unspecified atom stereocenters. The van der Waals surface area contributed by atoms with Crippen molar-refractivity contribution < 1.29 is 9.53 Å². The molecule has 184 valence electrons. The van der Waals surface area contributed by atoms with Crippen LogP contribution in [-0.2, 0) is 0 Å². The van der Waals surface area contributed by atoms with Gasteiger partial charge < -0.3 is 20.3 Å². The lowest BCUT2D eigenvalue weighted by atomic mass is 9.90. The van der Waals surface area contributed by atoms with Crippen molar-refractivity contribution in [2.24, 2.45) is 0 Å². The monoisotopic (exact) mass is 484 g/mol. The smallest absolute Gasteiger partial charge is 0.319 e. The average molecular weight is 485 g/mol. The average Bonchev–Trinajstić information content (AvgIpc) is 2.82. The van der Waals surface area contributed by atoms with Crippen molar-refractivity contribution >= 4 is 29.0 Å². The molecular weight excluding hydrogens is 448 g/mol. The number of hydrogen-bond donors (Lipinski definition) is 2. The van der Waals surface area contributed by atoms with Crippen LogP contribution in [0.2, 0.25) is 5.02 Å². The minimum atomic E-state index is -0.171. The molecule has 7 heteroatoms. The maximum atomic E-state index is 12.5. The van der Waals surface area contributed by atoms with Gasteiger partial charge in [0.25, 0.3) is 0 Å². The van der Waals surface area contributed by atoms with Crippen LogP contribution in [0.25, 0.3) is 0 Å². The molecule has 2 amide bonds. The van der Waals surface area contributed by atoms with Crippen LogP contribution in [0.4, 0.5) is 16.2 Å². The standard InChI is InChI=1S/C27H37ClN4O2/c1-19(2)34-25-10-5-4-9-24(25)32-17-15-31(16-18-32)22-13-11-21(12-14-22)29-27(33)30-26-20(3)7-6-8-23(26)28/h4-10,19,21-22H,11-18H2,1-3H3,(H2,29,30,33)/t21-,22+. The topological polar surface area (TPSA) is 56.8 Å². The number of piperazine rings is 1. The number of amides is 2. The molecule has 34 heavy (non-hydrogen) atoms. The van der Waals surface area contributed by atoms with Gasteiger partial charge in [0, 0.05) is 38.3 Å². The van der Waals surface area contributed by atoms with Gasteiger partial charge in [0.2, 0.25) is 0 Å². The highest BCUT2D eigenvalue weighted by molar-refractivity contribution is 6.33. The molecule has 1 saturated carbocycles. The number of nitrogens with zero attached hydrogens (tertiary/aromatic N) is 2. The molecular formula is C27H37ClN4O2. The van der Waals surface area contributed by atoms with Gasteiger partial charge in [0.15, 0.2) is 0 Å². The summed E-state index contributed by atoms with van der Waals surface area (Å²) >= 11 is 6.24. The first kappa shape index (κ1) is 24.7. The third kappa shape index (κ3) is 6.16. The van der Waals surface area contributed by atoms with E-state index in [1.807, 2.05) is 25.1 Å². The SMILES string of the molecule is Cc1cccc(Cl)c1NC(=O)N[C@H]1CC[C@@H](N2CCN(c3ccccc3OC(C)C)CC2)CC1. The number of para-hydroxylation sites is 3. The Bertz CT molecular complexity index is 947. The van der Waals surface area contributed by atoms with Crippen molar-refractivity contribution in [2.75, 3.05) is 36.4 Å². The number of urea groups is 1. The van der Waals surface area contributed by atoms with Gasteiger partial charge in [0.1, 0.15) is 5.75 Å². The zero-order chi connectivity index (χ0) is 24.1. The number of carbonyl (C=O) groups is 1. The first-order valence-corrected chi connectivity index (χ1v) is 12.9. The molecule has 1 heterocycles. The van der Waals surface area contributed by atoms with Crippen molar-refractivity contribution in [3.63, 3.8) is 0 Å². The van der Waals surface area contributed by atoms with E-state index < -0.39 is 0 Å². The van der Waals surface area contributed by atoms with Gasteiger partial charge >= 0.3 is 6.03 Å². The highest BCUT2D eigenvalue weighted by Gasteiger charge is 2.29. The summed E-state index contributed by atoms with van der Waals surface area (Å²) < 4.78 is 6.03. The van der Waals surface area contributed by atoms with Crippen LogP contribution < -0.4 is 20.3 Å². The summed E-state index contributed by atoms with van der Waals surface area (Å²) in [6, 6.07) is 14.6. The maximum Gasteiger partial charge on any atom is 0.319 e. The third-order valence-electron chi connectivity index (χ3n) is 6.89. The molecule has 0 atom stereocenters. The summed E-state index contributed by atoms with van der Waals surface area (Å²) in [7, 11) is 0. The number of rotatable bonds is 6. The van der Waals surface area contributed by atoms with Gasteiger partial charge in [-0.1, -0.05) is 35.9 Å². The van der Waals surface area contributed by atoms with Gasteiger partial charge in [-0.05, 0) is 70.2 Å². The van der Waals surface area contributed by atoms with Crippen LogP contribution in [0.15, 0.2) is 42.5 Å². The summed E-state index contributed by atoms with van der Waals surface area (Å²) in [5.74, 6) is 0.975. The number of benzene rings is 2. The molecule has 0 aromatic heterocycles. The van der Waals surface area contributed by atoms with Gasteiger partial charge in [-0.15, -0.1) is 0 Å². The summed E-state index contributed by atoms with van der Waals surface area (Å²) in [5.41, 5.74) is 2.85. The largest absolute Gasteiger partial charge is 0.489 e. The van der Waals surface area contributed by atoms with E-state index in [0.29, 0.717) is 16.8 Å². The summed E-state index contributed by atoms with van der Waals surface area (Å²) in [6.45, 7) is 10.2. The second-order valence-electron chi connectivity index (χ2n) is 9.69. The second-order valence-corrected chi connectivity index (χ2v) is 10.1. The number of hydrogen-bond acceptors (Lipinski definition) is 4. The van der Waals surface area contributed by atoms with E-state index in [-0.39, 0.29) is 18.2 Å².